The number of aliphatic hydroxyl groups is 1. The fraction of sp³-hybridized carbons (Fsp3) is 1.00. The van der Waals surface area contributed by atoms with E-state index < -0.39 is 16.6 Å². The lowest BCUT2D eigenvalue weighted by Crippen LogP contribution is -2.60. The third-order valence-corrected chi connectivity index (χ3v) is 18.0. The Morgan fingerprint density at radius 3 is 2.06 bits per heavy atom. The van der Waals surface area contributed by atoms with Gasteiger partial charge in [0.1, 0.15) is 0 Å². The molecule has 4 fully saturated rings. The summed E-state index contributed by atoms with van der Waals surface area (Å²) in [6, 6.07) is 0. The van der Waals surface area contributed by atoms with Crippen LogP contribution in [0.5, 0.6) is 0 Å². The van der Waals surface area contributed by atoms with E-state index >= 15 is 0 Å². The first kappa shape index (κ1) is 29.3. The Hall–Kier alpha value is 0.314. The summed E-state index contributed by atoms with van der Waals surface area (Å²) in [5.74, 6) is 4.05. The second kappa shape index (κ2) is 9.75. The van der Waals surface area contributed by atoms with Gasteiger partial charge in [-0.05, 0) is 135 Å². The lowest BCUT2D eigenvalue weighted by atomic mass is 9.43. The van der Waals surface area contributed by atoms with Crippen molar-refractivity contribution in [2.45, 2.75) is 143 Å². The van der Waals surface area contributed by atoms with Crippen molar-refractivity contribution in [3.63, 3.8) is 0 Å². The van der Waals surface area contributed by atoms with E-state index in [1.54, 1.807) is 0 Å². The molecule has 0 bridgehead atoms. The first-order valence-corrected chi connectivity index (χ1v) is 21.7. The quantitative estimate of drug-likeness (QED) is 0.346. The molecule has 2 unspecified atom stereocenters. The number of fused-ring (bicyclic) bond motifs is 5. The van der Waals surface area contributed by atoms with Gasteiger partial charge < -0.3 is 14.0 Å². The van der Waals surface area contributed by atoms with Crippen molar-refractivity contribution in [3.05, 3.63) is 0 Å². The third kappa shape index (κ3) is 5.11. The first-order valence-electron chi connectivity index (χ1n) is 15.4. The van der Waals surface area contributed by atoms with Crippen molar-refractivity contribution in [3.8, 4) is 0 Å². The molecule has 4 aliphatic rings. The van der Waals surface area contributed by atoms with Crippen LogP contribution in [0, 0.1) is 46.3 Å². The molecule has 0 saturated heterocycles. The zero-order chi connectivity index (χ0) is 26.9. The fourth-order valence-corrected chi connectivity index (χ4v) is 12.1. The van der Waals surface area contributed by atoms with E-state index in [4.69, 9.17) is 8.85 Å². The van der Waals surface area contributed by atoms with Gasteiger partial charge in [-0.25, -0.2) is 0 Å². The average molecular weight is 537 g/mol. The molecular formula is C31H60O3Si2. The van der Waals surface area contributed by atoms with Crippen LogP contribution in [0.4, 0.5) is 0 Å². The zero-order valence-electron chi connectivity index (χ0n) is 25.7. The summed E-state index contributed by atoms with van der Waals surface area (Å²) in [5, 5.41) is 10.3. The maximum atomic E-state index is 10.1. The van der Waals surface area contributed by atoms with Gasteiger partial charge in [-0.15, -0.1) is 0 Å². The van der Waals surface area contributed by atoms with Crippen molar-refractivity contribution in [2.24, 2.45) is 46.3 Å². The minimum atomic E-state index is -1.76. The van der Waals surface area contributed by atoms with Crippen LogP contribution < -0.4 is 0 Å². The minimum Gasteiger partial charge on any atom is -0.414 e. The van der Waals surface area contributed by atoms with Crippen molar-refractivity contribution < 1.29 is 14.0 Å². The molecule has 0 amide bonds. The molecule has 0 aromatic carbocycles. The molecule has 4 aliphatic carbocycles. The molecule has 4 rings (SSSR count). The molecule has 3 nitrogen and oxygen atoms in total. The normalized spacial score (nSPS) is 44.5. The Kier molecular flexibility index (Phi) is 7.93. The highest BCUT2D eigenvalue weighted by Crippen LogP contribution is 2.69. The largest absolute Gasteiger partial charge is 0.414 e. The van der Waals surface area contributed by atoms with Crippen LogP contribution in [0.25, 0.3) is 0 Å². The highest BCUT2D eigenvalue weighted by molar-refractivity contribution is 6.74. The molecule has 0 aromatic rings. The standard InChI is InChI=1S/C31H60O3Si2/c1-21(20-32)24-12-13-25-28-26(15-17-31(24,25)6)30(5)16-14-23(33-36(10,11)29(2,3)4)18-22(30)19-27(28)34-35(7,8)9/h21-28,32H,12-20H2,1-11H3/t21-,22+,23?,24-,25+,26+,27?,28+,30+,31-/m1/s1. The predicted molar refractivity (Wildman–Crippen MR) is 157 cm³/mol. The zero-order valence-corrected chi connectivity index (χ0v) is 27.7. The van der Waals surface area contributed by atoms with Crippen LogP contribution in [-0.2, 0) is 8.85 Å². The molecule has 0 radical (unpaired) electrons. The molecule has 0 aromatic heterocycles. The molecule has 10 atom stereocenters. The van der Waals surface area contributed by atoms with E-state index in [2.05, 4.69) is 74.3 Å². The molecule has 0 heterocycles. The lowest BCUT2D eigenvalue weighted by Gasteiger charge is -2.64. The number of aliphatic hydroxyl groups excluding tert-OH is 1. The minimum absolute atomic E-state index is 0.271. The van der Waals surface area contributed by atoms with Crippen molar-refractivity contribution in [1.82, 2.24) is 0 Å². The number of hydrogen-bond acceptors (Lipinski definition) is 3. The second-order valence-electron chi connectivity index (χ2n) is 16.7. The molecule has 36 heavy (non-hydrogen) atoms. The first-order chi connectivity index (χ1) is 16.4. The van der Waals surface area contributed by atoms with Crippen LogP contribution in [0.3, 0.4) is 0 Å². The molecule has 4 saturated carbocycles. The van der Waals surface area contributed by atoms with E-state index in [0.717, 1.165) is 17.8 Å². The van der Waals surface area contributed by atoms with Crippen molar-refractivity contribution >= 4 is 16.6 Å². The molecule has 210 valence electrons. The Morgan fingerprint density at radius 2 is 1.47 bits per heavy atom. The van der Waals surface area contributed by atoms with E-state index in [1.165, 1.54) is 51.4 Å². The summed E-state index contributed by atoms with van der Waals surface area (Å²) in [7, 11) is -3.42. The summed E-state index contributed by atoms with van der Waals surface area (Å²) in [6.45, 7) is 27.1. The van der Waals surface area contributed by atoms with E-state index in [-0.39, 0.29) is 5.04 Å². The van der Waals surface area contributed by atoms with Crippen molar-refractivity contribution in [2.75, 3.05) is 6.61 Å². The monoisotopic (exact) mass is 536 g/mol. The van der Waals surface area contributed by atoms with Gasteiger partial charge in [0.2, 0.25) is 0 Å². The van der Waals surface area contributed by atoms with Crippen LogP contribution >= 0.6 is 0 Å². The van der Waals surface area contributed by atoms with Gasteiger partial charge in [0.15, 0.2) is 16.6 Å². The highest BCUT2D eigenvalue weighted by atomic mass is 28.4. The number of rotatable bonds is 6. The van der Waals surface area contributed by atoms with Crippen LogP contribution in [0.1, 0.15) is 92.9 Å². The summed E-state index contributed by atoms with van der Waals surface area (Å²) in [5.41, 5.74) is 0.801. The molecule has 5 heteroatoms. The second-order valence-corrected chi connectivity index (χ2v) is 25.9. The summed E-state index contributed by atoms with van der Waals surface area (Å²) >= 11 is 0. The van der Waals surface area contributed by atoms with Gasteiger partial charge >= 0.3 is 0 Å². The van der Waals surface area contributed by atoms with Gasteiger partial charge in [-0.1, -0.05) is 41.5 Å². The highest BCUT2D eigenvalue weighted by Gasteiger charge is 2.63. The topological polar surface area (TPSA) is 38.7 Å². The Morgan fingerprint density at radius 1 is 0.861 bits per heavy atom. The van der Waals surface area contributed by atoms with Gasteiger partial charge in [0.25, 0.3) is 0 Å². The third-order valence-electron chi connectivity index (χ3n) is 12.4. The SMILES string of the molecule is C[C@H](CO)[C@H]1CC[C@H]2[C@@H]3C(O[Si](C)(C)C)C[C@@H]4CC(O[Si](C)(C)C(C)(C)C)CC[C@]4(C)[C@H]3CC[C@]12C. The molecule has 1 N–H and O–H groups in total. The summed E-state index contributed by atoms with van der Waals surface area (Å²) < 4.78 is 14.2. The van der Waals surface area contributed by atoms with Crippen LogP contribution in [0.15, 0.2) is 0 Å². The van der Waals surface area contributed by atoms with Gasteiger partial charge in [-0.2, -0.15) is 0 Å². The predicted octanol–water partition coefficient (Wildman–Crippen LogP) is 8.49. The van der Waals surface area contributed by atoms with E-state index in [1.807, 2.05) is 0 Å². The maximum Gasteiger partial charge on any atom is 0.192 e. The Labute approximate surface area is 226 Å². The average Bonchev–Trinajstić information content (AvgIpc) is 3.09. The smallest absolute Gasteiger partial charge is 0.192 e. The summed E-state index contributed by atoms with van der Waals surface area (Å²) in [6.07, 6.45) is 11.3. The lowest BCUT2D eigenvalue weighted by molar-refractivity contribution is -0.169. The van der Waals surface area contributed by atoms with Gasteiger partial charge in [0, 0.05) is 18.8 Å². The maximum absolute atomic E-state index is 10.1. The van der Waals surface area contributed by atoms with Crippen LogP contribution in [0.2, 0.25) is 37.8 Å². The van der Waals surface area contributed by atoms with Crippen LogP contribution in [-0.4, -0.2) is 40.6 Å². The van der Waals surface area contributed by atoms with Gasteiger partial charge in [0.05, 0.1) is 0 Å². The Balaban J connectivity index is 1.62. The molecule has 0 aliphatic heterocycles. The Bertz CT molecular complexity index is 786. The molecule has 0 spiro atoms. The fourth-order valence-electron chi connectivity index (χ4n) is 9.54. The van der Waals surface area contributed by atoms with Crippen molar-refractivity contribution in [1.29, 1.82) is 0 Å². The van der Waals surface area contributed by atoms with Gasteiger partial charge in [-0.3, -0.25) is 0 Å². The van der Waals surface area contributed by atoms with E-state index in [9.17, 15) is 5.11 Å². The summed E-state index contributed by atoms with van der Waals surface area (Å²) in [4.78, 5) is 0. The number of hydrogen-bond donors (Lipinski definition) is 1. The van der Waals surface area contributed by atoms with E-state index in [0.29, 0.717) is 47.4 Å². The molecular weight excluding hydrogens is 477 g/mol.